The van der Waals surface area contributed by atoms with Crippen molar-refractivity contribution in [3.8, 4) is 0 Å². The highest BCUT2D eigenvalue weighted by Crippen LogP contribution is 2.16. The molecule has 6 heteroatoms. The molecule has 6 nitrogen and oxygen atoms in total. The molecule has 0 aliphatic rings. The lowest BCUT2D eigenvalue weighted by atomic mass is 10.1. The van der Waals surface area contributed by atoms with Crippen LogP contribution in [-0.2, 0) is 28.6 Å². The Bertz CT molecular complexity index is 1230. The number of carbonyl (C=O) groups is 3. The molecule has 1 unspecified atom stereocenters. The van der Waals surface area contributed by atoms with E-state index in [9.17, 15) is 14.4 Å². The molecule has 0 fully saturated rings. The molecule has 0 aromatic carbocycles. The molecule has 0 saturated heterocycles. The highest BCUT2D eigenvalue weighted by atomic mass is 16.6. The Hall–Kier alpha value is -2.63. The number of hydrogen-bond donors (Lipinski definition) is 0. The number of esters is 3. The second-order valence-electron chi connectivity index (χ2n) is 21.0. The third kappa shape index (κ3) is 58.1. The molecule has 0 saturated carbocycles. The van der Waals surface area contributed by atoms with Crippen LogP contribution in [0.1, 0.15) is 329 Å². The van der Waals surface area contributed by atoms with Crippen molar-refractivity contribution in [1.82, 2.24) is 0 Å². The van der Waals surface area contributed by atoms with Gasteiger partial charge in [0, 0.05) is 19.3 Å². The lowest BCUT2D eigenvalue weighted by Gasteiger charge is -2.18. The summed E-state index contributed by atoms with van der Waals surface area (Å²) < 4.78 is 16.9. The Morgan fingerprint density at radius 3 is 0.817 bits per heavy atom. The molecule has 0 amide bonds. The average Bonchev–Trinajstić information content (AvgIpc) is 3.37. The quantitative estimate of drug-likeness (QED) is 0.0261. The van der Waals surface area contributed by atoms with Crippen LogP contribution in [0.4, 0.5) is 0 Å². The van der Waals surface area contributed by atoms with Gasteiger partial charge in [0.05, 0.1) is 0 Å². The SMILES string of the molecule is CCCCC/C=C\C/C=C\CCCCCCCCCCCC(=O)OCC(COC(=O)CCCCCCC/C=C\CCCCCCCCC)OC(=O)CCCCCCCCC/C=C\CCCCCCCCC. The van der Waals surface area contributed by atoms with Gasteiger partial charge in [-0.05, 0) is 103 Å². The minimum absolute atomic E-state index is 0.0778. The van der Waals surface area contributed by atoms with Gasteiger partial charge in [-0.15, -0.1) is 0 Å². The molecule has 0 N–H and O–H groups in total. The third-order valence-electron chi connectivity index (χ3n) is 13.8. The predicted molar refractivity (Wildman–Crippen MR) is 307 cm³/mol. The van der Waals surface area contributed by atoms with E-state index in [-0.39, 0.29) is 31.1 Å². The van der Waals surface area contributed by atoms with Gasteiger partial charge in [0.1, 0.15) is 13.2 Å². The number of carbonyl (C=O) groups excluding carboxylic acids is 3. The fraction of sp³-hybridized carbons (Fsp3) is 0.831. The van der Waals surface area contributed by atoms with E-state index in [1.54, 1.807) is 0 Å². The maximum atomic E-state index is 12.9. The zero-order chi connectivity index (χ0) is 51.4. The first-order chi connectivity index (χ1) is 35.0. The third-order valence-corrected chi connectivity index (χ3v) is 13.8. The van der Waals surface area contributed by atoms with Gasteiger partial charge in [0.2, 0.25) is 0 Å². The normalized spacial score (nSPS) is 12.3. The molecule has 414 valence electrons. The first kappa shape index (κ1) is 68.4. The first-order valence-corrected chi connectivity index (χ1v) is 31.1. The Morgan fingerprint density at radius 1 is 0.282 bits per heavy atom. The number of ether oxygens (including phenoxy) is 3. The molecule has 0 rings (SSSR count). The first-order valence-electron chi connectivity index (χ1n) is 31.1. The smallest absolute Gasteiger partial charge is 0.306 e. The molecule has 0 aromatic heterocycles. The Kier molecular flexibility index (Phi) is 57.7. The number of rotatable bonds is 57. The van der Waals surface area contributed by atoms with Gasteiger partial charge < -0.3 is 14.2 Å². The lowest BCUT2D eigenvalue weighted by molar-refractivity contribution is -0.167. The van der Waals surface area contributed by atoms with Crippen molar-refractivity contribution in [3.05, 3.63) is 48.6 Å². The summed E-state index contributed by atoms with van der Waals surface area (Å²) in [6.45, 7) is 6.64. The van der Waals surface area contributed by atoms with Crippen LogP contribution in [0, 0.1) is 0 Å². The molecule has 0 bridgehead atoms. The van der Waals surface area contributed by atoms with Crippen LogP contribution in [0.15, 0.2) is 48.6 Å². The standard InChI is InChI=1S/C65H118O6/c1-4-7-10-13-16-19-22-25-28-31-33-35-37-40-43-46-49-52-55-58-64(67)70-61-62(60-69-63(66)57-54-51-48-45-42-39-36-30-27-24-21-18-15-12-9-6-3)71-65(68)59-56-53-50-47-44-41-38-34-32-29-26-23-20-17-14-11-8-5-2/h16,19,25,28-30,32,36,62H,4-15,17-18,20-24,26-27,31,33-35,37-61H2,1-3H3/b19-16-,28-25-,32-29-,36-30-. The second-order valence-corrected chi connectivity index (χ2v) is 21.0. The highest BCUT2D eigenvalue weighted by molar-refractivity contribution is 5.71. The van der Waals surface area contributed by atoms with Gasteiger partial charge in [0.15, 0.2) is 6.10 Å². The van der Waals surface area contributed by atoms with Crippen molar-refractivity contribution in [3.63, 3.8) is 0 Å². The minimum Gasteiger partial charge on any atom is -0.462 e. The van der Waals surface area contributed by atoms with Gasteiger partial charge in [-0.25, -0.2) is 0 Å². The summed E-state index contributed by atoms with van der Waals surface area (Å²) >= 11 is 0. The van der Waals surface area contributed by atoms with Crippen LogP contribution in [0.5, 0.6) is 0 Å². The van der Waals surface area contributed by atoms with Crippen molar-refractivity contribution in [2.75, 3.05) is 13.2 Å². The van der Waals surface area contributed by atoms with Gasteiger partial charge in [-0.1, -0.05) is 256 Å². The van der Waals surface area contributed by atoms with E-state index >= 15 is 0 Å². The molecule has 1 atom stereocenters. The number of allylic oxidation sites excluding steroid dienone is 8. The molecule has 0 aromatic rings. The van der Waals surface area contributed by atoms with Crippen molar-refractivity contribution < 1.29 is 28.6 Å². The summed E-state index contributed by atoms with van der Waals surface area (Å²) in [5, 5.41) is 0. The molecular weight excluding hydrogens is 877 g/mol. The Labute approximate surface area is 441 Å². The summed E-state index contributed by atoms with van der Waals surface area (Å²) in [6, 6.07) is 0. The highest BCUT2D eigenvalue weighted by Gasteiger charge is 2.19. The molecular formula is C65H118O6. The van der Waals surface area contributed by atoms with E-state index in [4.69, 9.17) is 14.2 Å². The number of hydrogen-bond acceptors (Lipinski definition) is 6. The summed E-state index contributed by atoms with van der Waals surface area (Å²) in [4.78, 5) is 38.3. The number of unbranched alkanes of at least 4 members (excludes halogenated alkanes) is 38. The van der Waals surface area contributed by atoms with Gasteiger partial charge in [-0.2, -0.15) is 0 Å². The minimum atomic E-state index is -0.780. The second kappa shape index (κ2) is 59.9. The molecule has 0 aliphatic heterocycles. The molecule has 0 radical (unpaired) electrons. The Morgan fingerprint density at radius 2 is 0.507 bits per heavy atom. The predicted octanol–water partition coefficient (Wildman–Crippen LogP) is 21.0. The van der Waals surface area contributed by atoms with Crippen molar-refractivity contribution >= 4 is 17.9 Å². The van der Waals surface area contributed by atoms with Crippen LogP contribution in [-0.4, -0.2) is 37.2 Å². The summed E-state index contributed by atoms with van der Waals surface area (Å²) in [7, 11) is 0. The van der Waals surface area contributed by atoms with Gasteiger partial charge in [0.25, 0.3) is 0 Å². The fourth-order valence-electron chi connectivity index (χ4n) is 9.05. The fourth-order valence-corrected chi connectivity index (χ4v) is 9.05. The van der Waals surface area contributed by atoms with Crippen molar-refractivity contribution in [1.29, 1.82) is 0 Å². The summed E-state index contributed by atoms with van der Waals surface area (Å²) in [6.07, 6.45) is 73.9. The maximum Gasteiger partial charge on any atom is 0.306 e. The topological polar surface area (TPSA) is 78.9 Å². The summed E-state index contributed by atoms with van der Waals surface area (Å²) in [5.41, 5.74) is 0. The van der Waals surface area contributed by atoms with E-state index < -0.39 is 6.10 Å². The molecule has 0 heterocycles. The average molecular weight is 996 g/mol. The van der Waals surface area contributed by atoms with Gasteiger partial charge in [-0.3, -0.25) is 14.4 Å². The molecule has 0 aliphatic carbocycles. The monoisotopic (exact) mass is 995 g/mol. The van der Waals surface area contributed by atoms with E-state index in [0.29, 0.717) is 19.3 Å². The maximum absolute atomic E-state index is 12.9. The lowest BCUT2D eigenvalue weighted by Crippen LogP contribution is -2.30. The van der Waals surface area contributed by atoms with Crippen LogP contribution in [0.2, 0.25) is 0 Å². The Balaban J connectivity index is 4.37. The van der Waals surface area contributed by atoms with E-state index in [1.165, 1.54) is 218 Å². The van der Waals surface area contributed by atoms with Crippen LogP contribution in [0.25, 0.3) is 0 Å². The van der Waals surface area contributed by atoms with E-state index in [2.05, 4.69) is 69.4 Å². The van der Waals surface area contributed by atoms with Crippen molar-refractivity contribution in [2.24, 2.45) is 0 Å². The largest absolute Gasteiger partial charge is 0.462 e. The van der Waals surface area contributed by atoms with Crippen LogP contribution in [0.3, 0.4) is 0 Å². The van der Waals surface area contributed by atoms with Gasteiger partial charge >= 0.3 is 17.9 Å². The van der Waals surface area contributed by atoms with E-state index in [0.717, 1.165) is 70.6 Å². The van der Waals surface area contributed by atoms with Crippen LogP contribution >= 0.6 is 0 Å². The van der Waals surface area contributed by atoms with E-state index in [1.807, 2.05) is 0 Å². The molecule has 71 heavy (non-hydrogen) atoms. The zero-order valence-corrected chi connectivity index (χ0v) is 47.5. The zero-order valence-electron chi connectivity index (χ0n) is 47.5. The van der Waals surface area contributed by atoms with Crippen LogP contribution < -0.4 is 0 Å². The summed E-state index contributed by atoms with van der Waals surface area (Å²) in [5.74, 6) is -0.877. The molecule has 0 spiro atoms. The van der Waals surface area contributed by atoms with Crippen molar-refractivity contribution in [2.45, 2.75) is 335 Å².